The van der Waals surface area contributed by atoms with Crippen molar-refractivity contribution in [3.8, 4) is 0 Å². The van der Waals surface area contributed by atoms with E-state index in [0.717, 1.165) is 35.6 Å². The number of allylic oxidation sites excluding steroid dienone is 1. The van der Waals surface area contributed by atoms with Gasteiger partial charge in [-0.2, -0.15) is 16.8 Å². The Balaban J connectivity index is 0.00000336. The fourth-order valence-corrected chi connectivity index (χ4v) is 6.94. The summed E-state index contributed by atoms with van der Waals surface area (Å²) in [5.41, 5.74) is 3.68. The van der Waals surface area contributed by atoms with Crippen LogP contribution in [0.5, 0.6) is 0 Å². The van der Waals surface area contributed by atoms with E-state index in [9.17, 15) is 9.11 Å². The van der Waals surface area contributed by atoms with Gasteiger partial charge in [-0.05, 0) is 62.8 Å². The van der Waals surface area contributed by atoms with Crippen molar-refractivity contribution in [3.05, 3.63) is 57.6 Å². The number of rotatable bonds is 6. The third-order valence-corrected chi connectivity index (χ3v) is 10.8. The normalized spacial score (nSPS) is 26.4. The molecule has 0 spiro atoms. The summed E-state index contributed by atoms with van der Waals surface area (Å²) in [4.78, 5) is 8.99. The molecule has 0 radical (unpaired) electrons. The van der Waals surface area contributed by atoms with Crippen molar-refractivity contribution in [2.24, 2.45) is 10.1 Å². The summed E-state index contributed by atoms with van der Waals surface area (Å²) >= 11 is 1.72. The van der Waals surface area contributed by atoms with E-state index in [0.29, 0.717) is 23.4 Å². The monoisotopic (exact) mass is 584 g/mol. The number of piperidine rings is 1. The summed E-state index contributed by atoms with van der Waals surface area (Å²) in [7, 11) is 1.13. The Hall–Kier alpha value is -0.544. The van der Waals surface area contributed by atoms with Gasteiger partial charge in [0.25, 0.3) is 0 Å². The summed E-state index contributed by atoms with van der Waals surface area (Å²) in [6.45, 7) is 7.39. The summed E-state index contributed by atoms with van der Waals surface area (Å²) in [5.74, 6) is 0.605. The van der Waals surface area contributed by atoms with Crippen LogP contribution in [0.2, 0.25) is 0 Å². The minimum absolute atomic E-state index is 0. The Morgan fingerprint density at radius 3 is 2.58 bits per heavy atom. The van der Waals surface area contributed by atoms with Crippen LogP contribution in [-0.4, -0.2) is 80.7 Å². The molecule has 1 aromatic carbocycles. The SMILES string of the molecule is CC1=C(C2OC(C3[N-]C=C(C4CCCCN4)S3)=NN2C)N=C(c2ccc(S(O)(O)C(C)C)cc2)CN1C.[K+]. The Morgan fingerprint density at radius 1 is 1.18 bits per heavy atom. The van der Waals surface area contributed by atoms with E-state index in [2.05, 4.69) is 17.1 Å². The Bertz CT molecular complexity index is 1150. The molecule has 0 bridgehead atoms. The Morgan fingerprint density at radius 2 is 1.92 bits per heavy atom. The molecule has 3 unspecified atom stereocenters. The number of hydrogen-bond acceptors (Lipinski definition) is 9. The molecule has 4 aliphatic heterocycles. The average Bonchev–Trinajstić information content (AvgIpc) is 3.53. The summed E-state index contributed by atoms with van der Waals surface area (Å²) in [6.07, 6.45) is 5.16. The number of nitrogens with zero attached hydrogens (tertiary/aromatic N) is 5. The third kappa shape index (κ3) is 6.19. The molecular formula is C26H37KN6O3S2. The van der Waals surface area contributed by atoms with Gasteiger partial charge >= 0.3 is 51.4 Å². The first-order valence-corrected chi connectivity index (χ1v) is 15.3. The zero-order valence-electron chi connectivity index (χ0n) is 23.1. The van der Waals surface area contributed by atoms with Crippen molar-refractivity contribution in [2.75, 3.05) is 27.2 Å². The second kappa shape index (κ2) is 12.5. The molecule has 1 saturated heterocycles. The van der Waals surface area contributed by atoms with Crippen LogP contribution in [0.1, 0.15) is 45.6 Å². The maximum atomic E-state index is 10.5. The van der Waals surface area contributed by atoms with Crippen molar-refractivity contribution < 1.29 is 65.2 Å². The molecule has 3 atom stereocenters. The number of ether oxygens (including phenoxy) is 1. The second-order valence-corrected chi connectivity index (χ2v) is 13.9. The molecule has 0 amide bonds. The quantitative estimate of drug-likeness (QED) is 0.440. The molecule has 0 saturated carbocycles. The van der Waals surface area contributed by atoms with Crippen molar-refractivity contribution in [2.45, 2.75) is 67.8 Å². The molecule has 0 aliphatic carbocycles. The van der Waals surface area contributed by atoms with Gasteiger partial charge in [0.2, 0.25) is 12.1 Å². The molecule has 5 rings (SSSR count). The smallest absolute Gasteiger partial charge is 0.671 e. The van der Waals surface area contributed by atoms with Gasteiger partial charge in [0.1, 0.15) is 5.70 Å². The fraction of sp³-hybridized carbons (Fsp3) is 0.538. The second-order valence-electron chi connectivity index (χ2n) is 10.2. The number of benzene rings is 1. The molecule has 4 aliphatic rings. The van der Waals surface area contributed by atoms with Crippen LogP contribution in [-0.2, 0) is 4.74 Å². The van der Waals surface area contributed by atoms with Crippen LogP contribution in [0.25, 0.3) is 5.32 Å². The largest absolute Gasteiger partial charge is 1.00 e. The molecule has 202 valence electrons. The van der Waals surface area contributed by atoms with Gasteiger partial charge in [-0.3, -0.25) is 14.1 Å². The number of likely N-dealkylation sites (N-methyl/N-ethyl adjacent to an activating group) is 2. The number of aliphatic imine (C=N–C) groups is 1. The summed E-state index contributed by atoms with van der Waals surface area (Å²) in [5, 5.41) is 14.4. The van der Waals surface area contributed by atoms with Gasteiger partial charge in [0, 0.05) is 36.5 Å². The Kier molecular flexibility index (Phi) is 10.0. The molecule has 9 nitrogen and oxygen atoms in total. The van der Waals surface area contributed by atoms with Crippen LogP contribution in [0.4, 0.5) is 0 Å². The van der Waals surface area contributed by atoms with Crippen LogP contribution < -0.4 is 56.7 Å². The minimum Gasteiger partial charge on any atom is -0.671 e. The first-order valence-electron chi connectivity index (χ1n) is 12.8. The van der Waals surface area contributed by atoms with E-state index in [1.807, 2.05) is 51.3 Å². The maximum Gasteiger partial charge on any atom is 1.00 e. The van der Waals surface area contributed by atoms with Crippen molar-refractivity contribution in [1.82, 2.24) is 15.2 Å². The van der Waals surface area contributed by atoms with E-state index in [1.165, 1.54) is 17.7 Å². The standard InChI is InChI=1S/C26H37N6O3S2.K/c1-16(2)37(33,34)19-11-9-18(10-12-19)21-15-31(4)17(3)23(29-21)26-32(5)30-24(35-26)25-28-14-22(36-25)20-8-6-7-13-27-20;/h9-12,14,16,20,25-27,33-34H,6-8,13,15H2,1-5H3;/q-1;+1. The van der Waals surface area contributed by atoms with E-state index >= 15 is 0 Å². The van der Waals surface area contributed by atoms with Gasteiger partial charge in [-0.1, -0.05) is 18.6 Å². The first kappa shape index (κ1) is 30.4. The predicted molar refractivity (Wildman–Crippen MR) is 153 cm³/mol. The molecule has 4 heterocycles. The van der Waals surface area contributed by atoms with Crippen molar-refractivity contribution in [1.29, 1.82) is 0 Å². The van der Waals surface area contributed by atoms with Gasteiger partial charge in [-0.15, -0.1) is 16.9 Å². The van der Waals surface area contributed by atoms with Crippen molar-refractivity contribution in [3.63, 3.8) is 0 Å². The number of hydrogen-bond donors (Lipinski definition) is 3. The zero-order valence-corrected chi connectivity index (χ0v) is 27.8. The number of nitrogens with one attached hydrogen (secondary N) is 1. The van der Waals surface area contributed by atoms with Crippen molar-refractivity contribution >= 4 is 34.0 Å². The topological polar surface area (TPSA) is 107 Å². The van der Waals surface area contributed by atoms with Crippen LogP contribution >= 0.6 is 22.4 Å². The van der Waals surface area contributed by atoms with Gasteiger partial charge in [0.15, 0.2) is 0 Å². The van der Waals surface area contributed by atoms with Crippen LogP contribution in [0.3, 0.4) is 0 Å². The molecule has 38 heavy (non-hydrogen) atoms. The molecular weight excluding hydrogens is 548 g/mol. The molecule has 3 N–H and O–H groups in total. The number of hydrazone groups is 1. The van der Waals surface area contributed by atoms with Gasteiger partial charge in [0.05, 0.1) is 17.2 Å². The number of thioether (sulfide) groups is 1. The third-order valence-electron chi connectivity index (χ3n) is 7.29. The molecule has 0 aromatic heterocycles. The first-order chi connectivity index (χ1) is 17.6. The van der Waals surface area contributed by atoms with Gasteiger partial charge in [-0.25, -0.2) is 4.99 Å². The summed E-state index contributed by atoms with van der Waals surface area (Å²) < 4.78 is 27.4. The average molecular weight is 585 g/mol. The molecule has 1 aromatic rings. The van der Waals surface area contributed by atoms with E-state index in [4.69, 9.17) is 20.1 Å². The predicted octanol–water partition coefficient (Wildman–Crippen LogP) is 2.21. The molecule has 12 heteroatoms. The maximum absolute atomic E-state index is 10.5. The van der Waals surface area contributed by atoms with Crippen LogP contribution in [0.15, 0.2) is 61.8 Å². The van der Waals surface area contributed by atoms with E-state index in [-0.39, 0.29) is 62.0 Å². The van der Waals surface area contributed by atoms with E-state index in [1.54, 1.807) is 23.9 Å². The zero-order chi connectivity index (χ0) is 26.3. The fourth-order valence-electron chi connectivity index (χ4n) is 4.78. The van der Waals surface area contributed by atoms with Gasteiger partial charge < -0.3 is 20.3 Å². The molecule has 1 fully saturated rings. The van der Waals surface area contributed by atoms with E-state index < -0.39 is 16.8 Å². The minimum atomic E-state index is -2.82. The Labute approximate surface area is 274 Å². The summed E-state index contributed by atoms with van der Waals surface area (Å²) in [6, 6.07) is 7.80. The van der Waals surface area contributed by atoms with Crippen LogP contribution in [0, 0.1) is 0 Å².